The van der Waals surface area contributed by atoms with Gasteiger partial charge in [0.25, 0.3) is 0 Å². The third-order valence-electron chi connectivity index (χ3n) is 13.5. The molecule has 2 saturated heterocycles. The number of nitrogens with zero attached hydrogens (tertiary/aromatic N) is 2. The quantitative estimate of drug-likeness (QED) is 0.359. The van der Waals surface area contributed by atoms with E-state index in [0.717, 1.165) is 37.7 Å². The van der Waals surface area contributed by atoms with Gasteiger partial charge in [-0.25, -0.2) is 14.8 Å². The molecule has 45 heavy (non-hydrogen) atoms. The van der Waals surface area contributed by atoms with Gasteiger partial charge in [-0.2, -0.15) is 0 Å². The van der Waals surface area contributed by atoms with E-state index in [0.29, 0.717) is 60.1 Å². The Bertz CT molecular complexity index is 1490. The number of aliphatic hydroxyl groups excluding tert-OH is 2. The summed E-state index contributed by atoms with van der Waals surface area (Å²) in [5.41, 5.74) is 0.453. The van der Waals surface area contributed by atoms with Gasteiger partial charge in [0.15, 0.2) is 5.78 Å². The van der Waals surface area contributed by atoms with Gasteiger partial charge in [-0.3, -0.25) is 4.79 Å². The molecule has 4 heterocycles. The highest BCUT2D eigenvalue weighted by atomic mass is 16.6. The van der Waals surface area contributed by atoms with Gasteiger partial charge in [-0.05, 0) is 87.0 Å². The van der Waals surface area contributed by atoms with Crippen LogP contribution in [0.2, 0.25) is 0 Å². The normalized spacial score (nSPS) is 44.5. The van der Waals surface area contributed by atoms with E-state index in [1.165, 1.54) is 0 Å². The number of hydrogen-bond acceptors (Lipinski definition) is 10. The lowest BCUT2D eigenvalue weighted by Crippen LogP contribution is -2.64. The summed E-state index contributed by atoms with van der Waals surface area (Å²) in [7, 11) is 0. The molecule has 10 nitrogen and oxygen atoms in total. The van der Waals surface area contributed by atoms with Crippen LogP contribution in [0.3, 0.4) is 0 Å². The molecule has 11 atom stereocenters. The van der Waals surface area contributed by atoms with Crippen molar-refractivity contribution in [2.45, 2.75) is 96.2 Å². The largest absolute Gasteiger partial charge is 0.468 e. The molecule has 7 aliphatic rings. The summed E-state index contributed by atoms with van der Waals surface area (Å²) >= 11 is 0. The number of hydrogen-bond donors (Lipinski definition) is 2. The third-order valence-corrected chi connectivity index (χ3v) is 13.5. The minimum absolute atomic E-state index is 0.0112. The zero-order chi connectivity index (χ0) is 31.5. The molecule has 0 amide bonds. The van der Waals surface area contributed by atoms with E-state index >= 15 is 0 Å². The van der Waals surface area contributed by atoms with Crippen molar-refractivity contribution in [3.63, 3.8) is 0 Å². The van der Waals surface area contributed by atoms with Crippen molar-refractivity contribution in [1.82, 2.24) is 9.97 Å². The molecule has 3 aliphatic heterocycles. The molecule has 1 spiro atoms. The van der Waals surface area contributed by atoms with Gasteiger partial charge in [0.1, 0.15) is 23.9 Å². The maximum atomic E-state index is 14.7. The van der Waals surface area contributed by atoms with Crippen molar-refractivity contribution in [3.8, 4) is 5.88 Å². The van der Waals surface area contributed by atoms with Gasteiger partial charge in [0.05, 0.1) is 55.0 Å². The molecule has 1 aromatic rings. The lowest BCUT2D eigenvalue weighted by Gasteiger charge is -2.58. The first-order valence-corrected chi connectivity index (χ1v) is 16.7. The summed E-state index contributed by atoms with van der Waals surface area (Å²) < 4.78 is 23.3. The van der Waals surface area contributed by atoms with Crippen LogP contribution in [0, 0.1) is 40.4 Å². The van der Waals surface area contributed by atoms with Crippen molar-refractivity contribution in [2.24, 2.45) is 40.4 Å². The standard InChI is InChI=1S/C35H44N2O8/c1-17-9-27(44-32(41)22(17)14-38)18(2)23-5-6-24-20-11-29-35(45-29)28(39)10-21(26-12-37-30(13-36-26)43-19-15-42-16-19)31(40)34(35,4)25(20)7-8-33(23,24)3/h10,12-13,18-20,23-25,27-29,38-39H,5-9,11,14-16H2,1-4H3/t18-,20-,23+,24-,25-,27?,28-,29+,33+,34-,35+/m0/s1. The molecule has 2 N–H and O–H groups in total. The highest BCUT2D eigenvalue weighted by molar-refractivity contribution is 6.24. The predicted molar refractivity (Wildman–Crippen MR) is 161 cm³/mol. The number of ketones is 1. The zero-order valence-corrected chi connectivity index (χ0v) is 26.5. The first kappa shape index (κ1) is 29.7. The van der Waals surface area contributed by atoms with E-state index in [2.05, 4.69) is 23.8 Å². The Hall–Kier alpha value is -2.66. The summed E-state index contributed by atoms with van der Waals surface area (Å²) in [5.74, 6) is 1.35. The van der Waals surface area contributed by atoms with Crippen LogP contribution in [0.1, 0.15) is 71.9 Å². The van der Waals surface area contributed by atoms with E-state index in [9.17, 15) is 19.8 Å². The fourth-order valence-electron chi connectivity index (χ4n) is 11.0. The van der Waals surface area contributed by atoms with Gasteiger partial charge in [0, 0.05) is 12.0 Å². The van der Waals surface area contributed by atoms with E-state index in [4.69, 9.17) is 18.9 Å². The van der Waals surface area contributed by atoms with E-state index in [-0.39, 0.29) is 53.9 Å². The monoisotopic (exact) mass is 620 g/mol. The van der Waals surface area contributed by atoms with Crippen molar-refractivity contribution in [3.05, 3.63) is 35.3 Å². The van der Waals surface area contributed by atoms with E-state index in [1.54, 1.807) is 18.5 Å². The summed E-state index contributed by atoms with van der Waals surface area (Å²) in [6.07, 6.45) is 8.94. The molecule has 5 fully saturated rings. The van der Waals surface area contributed by atoms with Crippen LogP contribution < -0.4 is 4.74 Å². The van der Waals surface area contributed by atoms with Crippen LogP contribution in [0.15, 0.2) is 29.6 Å². The highest BCUT2D eigenvalue weighted by Gasteiger charge is 2.81. The fraction of sp³-hybridized carbons (Fsp3) is 0.714. The number of fused-ring (bicyclic) bond motifs is 4. The molecule has 3 saturated carbocycles. The minimum Gasteiger partial charge on any atom is -0.468 e. The van der Waals surface area contributed by atoms with E-state index < -0.39 is 17.1 Å². The van der Waals surface area contributed by atoms with Crippen molar-refractivity contribution < 1.29 is 38.7 Å². The Morgan fingerprint density at radius 3 is 2.58 bits per heavy atom. The van der Waals surface area contributed by atoms with Crippen LogP contribution in [-0.2, 0) is 23.8 Å². The lowest BCUT2D eigenvalue weighted by molar-refractivity contribution is -0.155. The summed E-state index contributed by atoms with van der Waals surface area (Å²) in [6.45, 7) is 9.39. The highest BCUT2D eigenvalue weighted by Crippen LogP contribution is 2.73. The average Bonchev–Trinajstić information content (AvgIpc) is 3.64. The number of rotatable bonds is 6. The fourth-order valence-corrected chi connectivity index (χ4v) is 11.0. The predicted octanol–water partition coefficient (Wildman–Crippen LogP) is 3.45. The number of Topliss-reactive ketones (excluding diaryl/α,β-unsaturated/α-hetero) is 1. The number of aromatic nitrogens is 2. The van der Waals surface area contributed by atoms with Gasteiger partial charge in [-0.1, -0.05) is 19.4 Å². The van der Waals surface area contributed by atoms with Gasteiger partial charge < -0.3 is 29.2 Å². The number of allylic oxidation sites excluding steroid dienone is 1. The Morgan fingerprint density at radius 1 is 1.11 bits per heavy atom. The molecule has 0 radical (unpaired) electrons. The maximum absolute atomic E-state index is 14.7. The van der Waals surface area contributed by atoms with Crippen LogP contribution in [-0.4, -0.2) is 81.8 Å². The van der Waals surface area contributed by atoms with Crippen molar-refractivity contribution in [2.75, 3.05) is 19.8 Å². The Kier molecular flexibility index (Phi) is 6.72. The topological polar surface area (TPSA) is 141 Å². The van der Waals surface area contributed by atoms with Crippen LogP contribution in [0.4, 0.5) is 0 Å². The Morgan fingerprint density at radius 2 is 1.91 bits per heavy atom. The average molecular weight is 621 g/mol. The number of cyclic esters (lactones) is 1. The molecular weight excluding hydrogens is 576 g/mol. The third kappa shape index (κ3) is 4.01. The molecule has 4 aliphatic carbocycles. The van der Waals surface area contributed by atoms with Crippen LogP contribution in [0.25, 0.3) is 5.57 Å². The second-order valence-electron chi connectivity index (χ2n) is 15.2. The molecule has 0 bridgehead atoms. The number of carbonyl (C=O) groups is 2. The van der Waals surface area contributed by atoms with Gasteiger partial charge >= 0.3 is 5.97 Å². The molecule has 1 aromatic heterocycles. The molecular formula is C35H44N2O8. The summed E-state index contributed by atoms with van der Waals surface area (Å²) in [6, 6.07) is 0. The second-order valence-corrected chi connectivity index (χ2v) is 15.2. The van der Waals surface area contributed by atoms with Gasteiger partial charge in [-0.15, -0.1) is 0 Å². The SMILES string of the molecule is CC1=C(CO)C(=O)OC([C@@H](C)[C@H]2CC[C@H]3[C@@H]4C[C@H]5O[C@]56[C@@H](O)C=C(c5cnc(OC7COC7)cn5)C(=O)[C@]6(C)[C@H]4CC[C@]23C)C1. The summed E-state index contributed by atoms with van der Waals surface area (Å²) in [5, 5.41) is 21.2. The second kappa shape index (κ2) is 10.2. The summed E-state index contributed by atoms with van der Waals surface area (Å²) in [4.78, 5) is 36.3. The molecule has 242 valence electrons. The minimum atomic E-state index is -0.906. The number of carbonyl (C=O) groups excluding carboxylic acids is 2. The van der Waals surface area contributed by atoms with Gasteiger partial charge in [0.2, 0.25) is 5.88 Å². The molecule has 0 aromatic carbocycles. The molecule has 10 heteroatoms. The van der Waals surface area contributed by atoms with Crippen molar-refractivity contribution in [1.29, 1.82) is 0 Å². The zero-order valence-electron chi connectivity index (χ0n) is 26.5. The first-order valence-electron chi connectivity index (χ1n) is 16.7. The van der Waals surface area contributed by atoms with E-state index in [1.807, 2.05) is 13.8 Å². The number of aliphatic hydroxyl groups is 2. The lowest BCUT2D eigenvalue weighted by atomic mass is 9.43. The maximum Gasteiger partial charge on any atom is 0.336 e. The Balaban J connectivity index is 1.05. The van der Waals surface area contributed by atoms with Crippen LogP contribution in [0.5, 0.6) is 5.88 Å². The molecule has 1 unspecified atom stereocenters. The Labute approximate surface area is 263 Å². The number of esters is 1. The molecule has 8 rings (SSSR count). The first-order chi connectivity index (χ1) is 21.5. The van der Waals surface area contributed by atoms with Crippen LogP contribution >= 0.6 is 0 Å². The number of ether oxygens (including phenoxy) is 4. The smallest absolute Gasteiger partial charge is 0.336 e. The number of epoxide rings is 1. The van der Waals surface area contributed by atoms with Crippen molar-refractivity contribution >= 4 is 17.3 Å².